The molecule has 274 valence electrons. The van der Waals surface area contributed by atoms with Crippen molar-refractivity contribution in [3.8, 4) is 0 Å². The van der Waals surface area contributed by atoms with Gasteiger partial charge >= 0.3 is 7.25 Å². The summed E-state index contributed by atoms with van der Waals surface area (Å²) >= 11 is 0. The van der Waals surface area contributed by atoms with Gasteiger partial charge < -0.3 is 21.7 Å². The second-order valence-electron chi connectivity index (χ2n) is 14.8. The van der Waals surface area contributed by atoms with Gasteiger partial charge in [-0.2, -0.15) is 0 Å². The molecule has 0 aliphatic heterocycles. The maximum Gasteiger partial charge on any atom is 0.673 e. The van der Waals surface area contributed by atoms with Crippen molar-refractivity contribution in [2.24, 2.45) is 0 Å². The second-order valence-corrected chi connectivity index (χ2v) is 14.8. The van der Waals surface area contributed by atoms with Crippen LogP contribution in [0.2, 0.25) is 0 Å². The maximum absolute atomic E-state index is 9.75. The lowest BCUT2D eigenvalue weighted by Crippen LogP contribution is -2.41. The molecule has 0 bridgehead atoms. The highest BCUT2D eigenvalue weighted by molar-refractivity contribution is 6.50. The highest BCUT2D eigenvalue weighted by Gasteiger charge is 2.20. The van der Waals surface area contributed by atoms with E-state index in [1.54, 1.807) is 0 Å². The Morgan fingerprint density at radius 1 is 0.289 bits per heavy atom. The van der Waals surface area contributed by atoms with E-state index in [0.29, 0.717) is 0 Å². The van der Waals surface area contributed by atoms with Gasteiger partial charge in [-0.25, -0.2) is 0 Å². The van der Waals surface area contributed by atoms with Crippen LogP contribution in [0.3, 0.4) is 0 Å². The van der Waals surface area contributed by atoms with E-state index in [0.717, 1.165) is 0 Å². The zero-order valence-corrected chi connectivity index (χ0v) is 31.3. The van der Waals surface area contributed by atoms with Gasteiger partial charge in [0.25, 0.3) is 0 Å². The summed E-state index contributed by atoms with van der Waals surface area (Å²) in [4.78, 5) is 0. The zero-order chi connectivity index (χ0) is 33.7. The Morgan fingerprint density at radius 2 is 0.422 bits per heavy atom. The molecule has 0 N–H and O–H groups in total. The van der Waals surface area contributed by atoms with Gasteiger partial charge in [0.1, 0.15) is 0 Å². The number of hydrogen-bond acceptors (Lipinski definition) is 0. The summed E-state index contributed by atoms with van der Waals surface area (Å²) in [5.41, 5.74) is 0. The van der Waals surface area contributed by atoms with Crippen LogP contribution in [-0.4, -0.2) is 38.9 Å². The lowest BCUT2D eigenvalue weighted by Gasteiger charge is -2.30. The van der Waals surface area contributed by atoms with E-state index in [4.69, 9.17) is 0 Å². The van der Waals surface area contributed by atoms with Gasteiger partial charge in [-0.3, -0.25) is 0 Å². The Kier molecular flexibility index (Phi) is 38.1. The summed E-state index contributed by atoms with van der Waals surface area (Å²) in [6.45, 7) is 7.39. The molecule has 0 fully saturated rings. The minimum atomic E-state index is -6.00. The first-order valence-electron chi connectivity index (χ1n) is 20.3. The van der Waals surface area contributed by atoms with Gasteiger partial charge in [0, 0.05) is 0 Å². The van der Waals surface area contributed by atoms with Gasteiger partial charge in [0.2, 0.25) is 0 Å². The summed E-state index contributed by atoms with van der Waals surface area (Å²) in [5.74, 6) is 0. The molecular formula is C39H82BF4N. The molecule has 0 aromatic heterocycles. The van der Waals surface area contributed by atoms with Crippen LogP contribution in [-0.2, 0) is 0 Å². The zero-order valence-electron chi connectivity index (χ0n) is 31.3. The average molecular weight is 652 g/mol. The Labute approximate surface area is 281 Å². The highest BCUT2D eigenvalue weighted by atomic mass is 19.5. The van der Waals surface area contributed by atoms with Gasteiger partial charge in [-0.1, -0.05) is 200 Å². The second kappa shape index (κ2) is 36.6. The molecule has 0 radical (unpaired) electrons. The molecule has 0 atom stereocenters. The molecular weight excluding hydrogens is 569 g/mol. The van der Waals surface area contributed by atoms with E-state index in [9.17, 15) is 17.3 Å². The standard InChI is InChI=1S/C39H82N.BF4/c1-5-7-9-11-13-15-17-19-21-23-25-27-29-31-33-35-37-39-40(3,4)38-36-34-32-30-28-26-24-22-20-18-16-14-12-10-8-6-2;2-1(3,4)5/h5-39H2,1-4H3;/q+1;-1. The van der Waals surface area contributed by atoms with Crippen LogP contribution in [0.4, 0.5) is 17.3 Å². The summed E-state index contributed by atoms with van der Waals surface area (Å²) in [6.07, 6.45) is 48.4. The number of nitrogens with zero attached hydrogens (tertiary/aromatic N) is 1. The fourth-order valence-corrected chi connectivity index (χ4v) is 6.46. The maximum atomic E-state index is 9.75. The Morgan fingerprint density at radius 3 is 0.578 bits per heavy atom. The van der Waals surface area contributed by atoms with Crippen LogP contribution in [0.25, 0.3) is 0 Å². The summed E-state index contributed by atoms with van der Waals surface area (Å²) in [7, 11) is -1.06. The van der Waals surface area contributed by atoms with Gasteiger partial charge in [0.15, 0.2) is 0 Å². The number of rotatable bonds is 35. The van der Waals surface area contributed by atoms with E-state index in [1.165, 1.54) is 229 Å². The van der Waals surface area contributed by atoms with Crippen molar-refractivity contribution >= 4 is 7.25 Å². The van der Waals surface area contributed by atoms with Crippen molar-refractivity contribution in [1.82, 2.24) is 0 Å². The topological polar surface area (TPSA) is 0 Å². The molecule has 0 amide bonds. The molecule has 0 aromatic rings. The van der Waals surface area contributed by atoms with Crippen molar-refractivity contribution < 1.29 is 21.7 Å². The molecule has 0 saturated heterocycles. The monoisotopic (exact) mass is 652 g/mol. The van der Waals surface area contributed by atoms with Crippen molar-refractivity contribution in [1.29, 1.82) is 0 Å². The Hall–Kier alpha value is -0.255. The first kappa shape index (κ1) is 46.9. The molecule has 0 unspecified atom stereocenters. The molecule has 0 saturated carbocycles. The lowest BCUT2D eigenvalue weighted by atomic mass is 10.0. The fourth-order valence-electron chi connectivity index (χ4n) is 6.46. The Bertz CT molecular complexity index is 536. The molecule has 1 nitrogen and oxygen atoms in total. The lowest BCUT2D eigenvalue weighted by molar-refractivity contribution is -0.890. The number of hydrogen-bond donors (Lipinski definition) is 0. The normalized spacial score (nSPS) is 12.0. The molecule has 0 spiro atoms. The van der Waals surface area contributed by atoms with Crippen molar-refractivity contribution in [2.75, 3.05) is 27.2 Å². The van der Waals surface area contributed by atoms with Crippen molar-refractivity contribution in [3.63, 3.8) is 0 Å². The average Bonchev–Trinajstić information content (AvgIpc) is 2.97. The largest absolute Gasteiger partial charge is 0.673 e. The molecule has 6 heteroatoms. The third kappa shape index (κ3) is 50.8. The predicted octanol–water partition coefficient (Wildman–Crippen LogP) is 15.3. The smallest absolute Gasteiger partial charge is 0.418 e. The first-order chi connectivity index (χ1) is 21.6. The summed E-state index contributed by atoms with van der Waals surface area (Å²) < 4.78 is 40.2. The van der Waals surface area contributed by atoms with Crippen LogP contribution in [0, 0.1) is 0 Å². The fraction of sp³-hybridized carbons (Fsp3) is 1.00. The van der Waals surface area contributed by atoms with Gasteiger partial charge in [0.05, 0.1) is 27.2 Å². The molecule has 0 aromatic carbocycles. The molecule has 0 heterocycles. The Balaban J connectivity index is 0. The highest BCUT2D eigenvalue weighted by Crippen LogP contribution is 2.16. The van der Waals surface area contributed by atoms with Crippen molar-refractivity contribution in [2.45, 2.75) is 226 Å². The minimum absolute atomic E-state index is 1.25. The van der Waals surface area contributed by atoms with Gasteiger partial charge in [-0.15, -0.1) is 0 Å². The number of quaternary nitrogens is 1. The third-order valence-corrected chi connectivity index (χ3v) is 9.48. The quantitative estimate of drug-likeness (QED) is 0.0277. The minimum Gasteiger partial charge on any atom is -0.418 e. The van der Waals surface area contributed by atoms with Crippen LogP contribution in [0.1, 0.15) is 226 Å². The number of halogens is 4. The SMILES string of the molecule is CCCCCCCCCCCCCCCCCCC[N+](C)(C)CCCCCCCCCCCCCCCCCC.F[B-](F)(F)F. The third-order valence-electron chi connectivity index (χ3n) is 9.48. The first-order valence-corrected chi connectivity index (χ1v) is 20.3. The predicted molar refractivity (Wildman–Crippen MR) is 196 cm³/mol. The molecule has 0 aliphatic rings. The van der Waals surface area contributed by atoms with E-state index in [-0.39, 0.29) is 0 Å². The molecule has 0 aliphatic carbocycles. The number of unbranched alkanes of at least 4 members (excludes halogenated alkanes) is 31. The van der Waals surface area contributed by atoms with Crippen LogP contribution in [0.5, 0.6) is 0 Å². The van der Waals surface area contributed by atoms with Crippen molar-refractivity contribution in [3.05, 3.63) is 0 Å². The van der Waals surface area contributed by atoms with Crippen LogP contribution >= 0.6 is 0 Å². The molecule has 45 heavy (non-hydrogen) atoms. The molecule has 0 rings (SSSR count). The summed E-state index contributed by atoms with van der Waals surface area (Å²) in [6, 6.07) is 0. The van der Waals surface area contributed by atoms with E-state index in [1.807, 2.05) is 0 Å². The van der Waals surface area contributed by atoms with Crippen LogP contribution in [0.15, 0.2) is 0 Å². The van der Waals surface area contributed by atoms with Crippen LogP contribution < -0.4 is 0 Å². The van der Waals surface area contributed by atoms with E-state index in [2.05, 4.69) is 27.9 Å². The summed E-state index contributed by atoms with van der Waals surface area (Å²) in [5, 5.41) is 0. The van der Waals surface area contributed by atoms with E-state index < -0.39 is 7.25 Å². The van der Waals surface area contributed by atoms with E-state index >= 15 is 0 Å². The van der Waals surface area contributed by atoms with Gasteiger partial charge in [-0.05, 0) is 25.7 Å².